The molecule has 0 aliphatic carbocycles. The first-order valence-corrected chi connectivity index (χ1v) is 6.32. The maximum Gasteiger partial charge on any atom is 0.174 e. The van der Waals surface area contributed by atoms with Crippen molar-refractivity contribution in [1.82, 2.24) is 0 Å². The molecule has 0 spiro atoms. The topological polar surface area (TPSA) is 29.4 Å². The summed E-state index contributed by atoms with van der Waals surface area (Å²) < 4.78 is 0. The molecule has 2 atom stereocenters. The summed E-state index contributed by atoms with van der Waals surface area (Å²) in [5, 5.41) is 0.381. The lowest BCUT2D eigenvalue weighted by atomic mass is 9.99. The Morgan fingerprint density at radius 2 is 2.00 bits per heavy atom. The van der Waals surface area contributed by atoms with Crippen LogP contribution in [0.25, 0.3) is 0 Å². The molecule has 2 rings (SSSR count). The number of thioether (sulfide) groups is 1. The molecular weight excluding hydrogens is 218 g/mol. The van der Waals surface area contributed by atoms with E-state index in [-0.39, 0.29) is 11.7 Å². The summed E-state index contributed by atoms with van der Waals surface area (Å²) in [6.07, 6.45) is 0. The Hall–Kier alpha value is -1.09. The fourth-order valence-electron chi connectivity index (χ4n) is 1.80. The van der Waals surface area contributed by atoms with Crippen molar-refractivity contribution in [1.29, 1.82) is 0 Å². The minimum atomic E-state index is 0.0802. The van der Waals surface area contributed by atoms with E-state index in [1.807, 2.05) is 18.2 Å². The Bertz CT molecular complexity index is 453. The first kappa shape index (κ1) is 11.4. The monoisotopic (exact) mass is 233 g/mol. The van der Waals surface area contributed by atoms with Crippen LogP contribution in [0.15, 0.2) is 34.2 Å². The first-order chi connectivity index (χ1) is 7.59. The summed E-state index contributed by atoms with van der Waals surface area (Å²) >= 11 is 1.80. The fourth-order valence-corrected chi connectivity index (χ4v) is 2.93. The molecule has 0 saturated heterocycles. The van der Waals surface area contributed by atoms with E-state index in [1.54, 1.807) is 18.7 Å². The maximum absolute atomic E-state index is 11.6. The summed E-state index contributed by atoms with van der Waals surface area (Å²) in [4.78, 5) is 17.3. The molecule has 0 radical (unpaired) electrons. The quantitative estimate of drug-likeness (QED) is 0.743. The van der Waals surface area contributed by atoms with Gasteiger partial charge < -0.3 is 0 Å². The molecule has 0 saturated carbocycles. The number of aliphatic imine (C=N–C) groups is 1. The van der Waals surface area contributed by atoms with E-state index in [9.17, 15) is 4.79 Å². The Labute approximate surface area is 100 Å². The molecule has 0 fully saturated rings. The normalized spacial score (nSPS) is 24.3. The van der Waals surface area contributed by atoms with Crippen LogP contribution in [0.4, 0.5) is 5.69 Å². The van der Waals surface area contributed by atoms with Gasteiger partial charge in [-0.1, -0.05) is 26.0 Å². The zero-order valence-electron chi connectivity index (χ0n) is 9.73. The molecule has 1 aliphatic rings. The molecule has 1 aromatic carbocycles. The van der Waals surface area contributed by atoms with Gasteiger partial charge in [0.05, 0.1) is 11.4 Å². The van der Waals surface area contributed by atoms with Crippen molar-refractivity contribution in [3.05, 3.63) is 24.3 Å². The van der Waals surface area contributed by atoms with Crippen LogP contribution in [0.5, 0.6) is 0 Å². The number of hydrogen-bond acceptors (Lipinski definition) is 3. The van der Waals surface area contributed by atoms with Gasteiger partial charge in [-0.3, -0.25) is 4.79 Å². The number of fused-ring (bicyclic) bond motifs is 1. The molecular formula is C13H15NOS. The van der Waals surface area contributed by atoms with Gasteiger partial charge in [-0.15, -0.1) is 11.8 Å². The number of carbonyl (C=O) groups is 1. The molecule has 16 heavy (non-hydrogen) atoms. The van der Waals surface area contributed by atoms with E-state index < -0.39 is 0 Å². The van der Waals surface area contributed by atoms with Crippen molar-refractivity contribution in [3.63, 3.8) is 0 Å². The Morgan fingerprint density at radius 3 is 2.69 bits per heavy atom. The van der Waals surface area contributed by atoms with E-state index in [2.05, 4.69) is 24.9 Å². The average molecular weight is 233 g/mol. The summed E-state index contributed by atoms with van der Waals surface area (Å²) in [5.41, 5.74) is 1.62. The van der Waals surface area contributed by atoms with Crippen LogP contribution in [0, 0.1) is 5.92 Å². The first-order valence-electron chi connectivity index (χ1n) is 5.45. The molecule has 2 nitrogen and oxygen atoms in total. The smallest absolute Gasteiger partial charge is 0.174 e. The van der Waals surface area contributed by atoms with Crippen LogP contribution in [-0.2, 0) is 4.79 Å². The van der Waals surface area contributed by atoms with Crippen LogP contribution >= 0.6 is 11.8 Å². The van der Waals surface area contributed by atoms with Gasteiger partial charge in [-0.2, -0.15) is 0 Å². The van der Waals surface area contributed by atoms with Gasteiger partial charge in [0.1, 0.15) is 0 Å². The van der Waals surface area contributed by atoms with E-state index >= 15 is 0 Å². The van der Waals surface area contributed by atoms with Gasteiger partial charge in [0.15, 0.2) is 5.78 Å². The second kappa shape index (κ2) is 4.42. The van der Waals surface area contributed by atoms with Gasteiger partial charge in [0, 0.05) is 23.0 Å². The standard InChI is InChI=1S/C13H15NOS/c1-8-10(3)16-12-7-5-4-6-11(12)14-13(8)9(2)15/h4-8,10H,1-3H3. The third-order valence-electron chi connectivity index (χ3n) is 2.92. The van der Waals surface area contributed by atoms with Crippen molar-refractivity contribution in [2.75, 3.05) is 0 Å². The van der Waals surface area contributed by atoms with Crippen LogP contribution in [0.3, 0.4) is 0 Å². The number of rotatable bonds is 1. The minimum absolute atomic E-state index is 0.0802. The van der Waals surface area contributed by atoms with Crippen LogP contribution < -0.4 is 0 Å². The number of para-hydroxylation sites is 1. The zero-order chi connectivity index (χ0) is 11.7. The summed E-state index contributed by atoms with van der Waals surface area (Å²) in [5.74, 6) is 0.284. The minimum Gasteiger partial charge on any atom is -0.293 e. The maximum atomic E-state index is 11.6. The molecule has 0 N–H and O–H groups in total. The number of Topliss-reactive ketones (excluding diaryl/α,β-unsaturated/α-hetero) is 1. The van der Waals surface area contributed by atoms with Gasteiger partial charge in [0.2, 0.25) is 0 Å². The predicted molar refractivity (Wildman–Crippen MR) is 68.7 cm³/mol. The summed E-state index contributed by atoms with van der Waals surface area (Å²) in [6, 6.07) is 8.00. The number of hydrogen-bond donors (Lipinski definition) is 0. The highest BCUT2D eigenvalue weighted by Crippen LogP contribution is 2.38. The van der Waals surface area contributed by atoms with Gasteiger partial charge in [0.25, 0.3) is 0 Å². The number of nitrogens with zero attached hydrogens (tertiary/aromatic N) is 1. The van der Waals surface area contributed by atoms with E-state index in [1.165, 1.54) is 0 Å². The van der Waals surface area contributed by atoms with E-state index in [0.717, 1.165) is 10.6 Å². The average Bonchev–Trinajstić information content (AvgIpc) is 2.37. The second-order valence-electron chi connectivity index (χ2n) is 4.13. The number of ketones is 1. The molecule has 0 amide bonds. The molecule has 84 valence electrons. The zero-order valence-corrected chi connectivity index (χ0v) is 10.5. The lowest BCUT2D eigenvalue weighted by molar-refractivity contribution is -0.111. The van der Waals surface area contributed by atoms with Crippen LogP contribution in [0.2, 0.25) is 0 Å². The highest BCUT2D eigenvalue weighted by molar-refractivity contribution is 8.00. The van der Waals surface area contributed by atoms with Gasteiger partial charge in [-0.05, 0) is 12.1 Å². The lowest BCUT2D eigenvalue weighted by Gasteiger charge is -2.16. The van der Waals surface area contributed by atoms with Gasteiger partial charge >= 0.3 is 0 Å². The van der Waals surface area contributed by atoms with Gasteiger partial charge in [-0.25, -0.2) is 4.99 Å². The SMILES string of the molecule is CC(=O)C1=Nc2ccccc2SC(C)C1C. The summed E-state index contributed by atoms with van der Waals surface area (Å²) in [6.45, 7) is 5.82. The van der Waals surface area contributed by atoms with E-state index in [4.69, 9.17) is 0 Å². The predicted octanol–water partition coefficient (Wildman–Crippen LogP) is 3.48. The number of carbonyl (C=O) groups excluding carboxylic acids is 1. The second-order valence-corrected chi connectivity index (χ2v) is 5.55. The van der Waals surface area contributed by atoms with Crippen molar-refractivity contribution in [2.45, 2.75) is 30.9 Å². The van der Waals surface area contributed by atoms with Crippen LogP contribution in [0.1, 0.15) is 20.8 Å². The fraction of sp³-hybridized carbons (Fsp3) is 0.385. The third kappa shape index (κ3) is 2.05. The highest BCUT2D eigenvalue weighted by atomic mass is 32.2. The molecule has 0 bridgehead atoms. The Kier molecular flexibility index (Phi) is 3.15. The van der Waals surface area contributed by atoms with Crippen molar-refractivity contribution >= 4 is 28.9 Å². The number of benzene rings is 1. The largest absolute Gasteiger partial charge is 0.293 e. The van der Waals surface area contributed by atoms with E-state index in [0.29, 0.717) is 11.0 Å². The molecule has 0 aromatic heterocycles. The molecule has 1 heterocycles. The van der Waals surface area contributed by atoms with Crippen molar-refractivity contribution in [2.24, 2.45) is 10.9 Å². The molecule has 1 aliphatic heterocycles. The molecule has 1 aromatic rings. The summed E-state index contributed by atoms with van der Waals surface area (Å²) in [7, 11) is 0. The Morgan fingerprint density at radius 1 is 1.31 bits per heavy atom. The Balaban J connectivity index is 2.53. The lowest BCUT2D eigenvalue weighted by Crippen LogP contribution is -2.25. The highest BCUT2D eigenvalue weighted by Gasteiger charge is 2.26. The molecule has 2 unspecified atom stereocenters. The van der Waals surface area contributed by atoms with Crippen molar-refractivity contribution in [3.8, 4) is 0 Å². The third-order valence-corrected chi connectivity index (χ3v) is 4.29. The van der Waals surface area contributed by atoms with Crippen LogP contribution in [-0.4, -0.2) is 16.7 Å². The van der Waals surface area contributed by atoms with Crippen molar-refractivity contribution < 1.29 is 4.79 Å². The molecule has 3 heteroatoms.